The van der Waals surface area contributed by atoms with Crippen LogP contribution in [0.2, 0.25) is 0 Å². The molecule has 1 amide bonds. The Morgan fingerprint density at radius 3 is 2.86 bits per heavy atom. The van der Waals surface area contributed by atoms with E-state index in [0.29, 0.717) is 19.7 Å². The molecule has 5 heteroatoms. The van der Waals surface area contributed by atoms with Gasteiger partial charge in [0.25, 0.3) is 0 Å². The van der Waals surface area contributed by atoms with Crippen molar-refractivity contribution in [3.05, 3.63) is 29.8 Å². The number of ether oxygens (including phenoxy) is 2. The molecule has 21 heavy (non-hydrogen) atoms. The molecule has 1 atom stereocenters. The summed E-state index contributed by atoms with van der Waals surface area (Å²) < 4.78 is 11.3. The molecule has 0 aromatic heterocycles. The molecule has 0 bridgehead atoms. The zero-order valence-electron chi connectivity index (χ0n) is 12.4. The summed E-state index contributed by atoms with van der Waals surface area (Å²) in [6, 6.07) is 7.97. The molecule has 0 radical (unpaired) electrons. The van der Waals surface area contributed by atoms with Crippen LogP contribution in [0.3, 0.4) is 0 Å². The number of nitrogens with zero attached hydrogens (tertiary/aromatic N) is 1. The number of piperidine rings is 1. The van der Waals surface area contributed by atoms with Crippen molar-refractivity contribution in [2.45, 2.75) is 37.8 Å². The van der Waals surface area contributed by atoms with Crippen LogP contribution >= 0.6 is 0 Å². The van der Waals surface area contributed by atoms with Gasteiger partial charge in [0, 0.05) is 44.0 Å². The van der Waals surface area contributed by atoms with Gasteiger partial charge in [0.2, 0.25) is 0 Å². The maximum atomic E-state index is 11.8. The molecule has 1 spiro atoms. The molecule has 3 rings (SSSR count). The van der Waals surface area contributed by atoms with E-state index in [9.17, 15) is 4.79 Å². The SMILES string of the molecule is CCOC(=O)N1CCC2(CC1)C[C@H](N)c1ccccc1O2. The lowest BCUT2D eigenvalue weighted by Gasteiger charge is -2.45. The Bertz CT molecular complexity index is 524. The lowest BCUT2D eigenvalue weighted by molar-refractivity contribution is -0.0205. The van der Waals surface area contributed by atoms with Crippen LogP contribution < -0.4 is 10.5 Å². The van der Waals surface area contributed by atoms with E-state index in [2.05, 4.69) is 0 Å². The third kappa shape index (κ3) is 2.70. The zero-order valence-corrected chi connectivity index (χ0v) is 12.4. The van der Waals surface area contributed by atoms with Crippen LogP contribution in [-0.4, -0.2) is 36.3 Å². The number of hydrogen-bond donors (Lipinski definition) is 1. The monoisotopic (exact) mass is 290 g/mol. The lowest BCUT2D eigenvalue weighted by atomic mass is 9.81. The summed E-state index contributed by atoms with van der Waals surface area (Å²) in [5.74, 6) is 0.890. The molecule has 114 valence electrons. The van der Waals surface area contributed by atoms with Crippen LogP contribution in [0.5, 0.6) is 5.75 Å². The Morgan fingerprint density at radius 1 is 1.43 bits per heavy atom. The molecular formula is C16H22N2O3. The Kier molecular flexibility index (Phi) is 3.76. The highest BCUT2D eigenvalue weighted by Gasteiger charge is 2.43. The summed E-state index contributed by atoms with van der Waals surface area (Å²) >= 11 is 0. The minimum absolute atomic E-state index is 0.00379. The van der Waals surface area contributed by atoms with Gasteiger partial charge in [-0.2, -0.15) is 0 Å². The van der Waals surface area contributed by atoms with Gasteiger partial charge in [-0.25, -0.2) is 4.79 Å². The standard InChI is InChI=1S/C16H22N2O3/c1-2-20-15(19)18-9-7-16(8-10-18)11-13(17)12-5-3-4-6-14(12)21-16/h3-6,13H,2,7-11,17H2,1H3/t13-/m0/s1. The van der Waals surface area contributed by atoms with Gasteiger partial charge in [-0.1, -0.05) is 18.2 Å². The van der Waals surface area contributed by atoms with Crippen LogP contribution in [0.1, 0.15) is 37.8 Å². The summed E-state index contributed by atoms with van der Waals surface area (Å²) in [6.07, 6.45) is 2.18. The molecule has 1 aromatic carbocycles. The average Bonchev–Trinajstić information content (AvgIpc) is 2.48. The van der Waals surface area contributed by atoms with Gasteiger partial charge in [0.15, 0.2) is 0 Å². The molecule has 2 aliphatic rings. The van der Waals surface area contributed by atoms with E-state index >= 15 is 0 Å². The van der Waals surface area contributed by atoms with E-state index in [1.165, 1.54) is 0 Å². The fourth-order valence-electron chi connectivity index (χ4n) is 3.28. The van der Waals surface area contributed by atoms with Crippen molar-refractivity contribution in [3.63, 3.8) is 0 Å². The molecule has 0 unspecified atom stereocenters. The molecule has 5 nitrogen and oxygen atoms in total. The van der Waals surface area contributed by atoms with E-state index in [1.807, 2.05) is 31.2 Å². The predicted octanol–water partition coefficient (Wildman–Crippen LogP) is 2.46. The van der Waals surface area contributed by atoms with E-state index in [4.69, 9.17) is 15.2 Å². The largest absolute Gasteiger partial charge is 0.487 e. The average molecular weight is 290 g/mol. The van der Waals surface area contributed by atoms with E-state index < -0.39 is 0 Å². The van der Waals surface area contributed by atoms with Crippen LogP contribution in [0.15, 0.2) is 24.3 Å². The maximum absolute atomic E-state index is 11.8. The van der Waals surface area contributed by atoms with Crippen molar-refractivity contribution in [1.82, 2.24) is 4.90 Å². The number of rotatable bonds is 1. The van der Waals surface area contributed by atoms with Crippen molar-refractivity contribution in [2.24, 2.45) is 5.73 Å². The molecular weight excluding hydrogens is 268 g/mol. The van der Waals surface area contributed by atoms with Gasteiger partial charge in [-0.15, -0.1) is 0 Å². The van der Waals surface area contributed by atoms with Crippen LogP contribution in [0, 0.1) is 0 Å². The molecule has 0 saturated carbocycles. The normalized spacial score (nSPS) is 23.3. The molecule has 1 aromatic rings. The number of carbonyl (C=O) groups is 1. The second-order valence-electron chi connectivity index (χ2n) is 5.82. The molecule has 2 N–H and O–H groups in total. The Hall–Kier alpha value is -1.75. The van der Waals surface area contributed by atoms with Crippen molar-refractivity contribution >= 4 is 6.09 Å². The Morgan fingerprint density at radius 2 is 2.14 bits per heavy atom. The number of benzene rings is 1. The minimum atomic E-state index is -0.239. The highest BCUT2D eigenvalue weighted by atomic mass is 16.6. The summed E-state index contributed by atoms with van der Waals surface area (Å²) in [5.41, 5.74) is 7.15. The Balaban J connectivity index is 1.70. The number of carbonyl (C=O) groups excluding carboxylic acids is 1. The van der Waals surface area contributed by atoms with Gasteiger partial charge in [-0.05, 0) is 13.0 Å². The third-order valence-corrected chi connectivity index (χ3v) is 4.44. The Labute approximate surface area is 125 Å². The summed E-state index contributed by atoms with van der Waals surface area (Å²) in [5, 5.41) is 0. The second-order valence-corrected chi connectivity index (χ2v) is 5.82. The van der Waals surface area contributed by atoms with Crippen molar-refractivity contribution < 1.29 is 14.3 Å². The van der Waals surface area contributed by atoms with Gasteiger partial charge in [0.05, 0.1) is 6.61 Å². The first kappa shape index (κ1) is 14.2. The minimum Gasteiger partial charge on any atom is -0.487 e. The van der Waals surface area contributed by atoms with E-state index in [0.717, 1.165) is 30.6 Å². The van der Waals surface area contributed by atoms with E-state index in [1.54, 1.807) is 4.90 Å². The quantitative estimate of drug-likeness (QED) is 0.863. The molecule has 1 saturated heterocycles. The fraction of sp³-hybridized carbons (Fsp3) is 0.562. The number of para-hydroxylation sites is 1. The zero-order chi connectivity index (χ0) is 14.9. The first-order valence-corrected chi connectivity index (χ1v) is 7.59. The number of nitrogens with two attached hydrogens (primary N) is 1. The molecule has 2 aliphatic heterocycles. The van der Waals surface area contributed by atoms with Gasteiger partial charge in [0.1, 0.15) is 11.4 Å². The van der Waals surface area contributed by atoms with E-state index in [-0.39, 0.29) is 17.7 Å². The summed E-state index contributed by atoms with van der Waals surface area (Å²) in [7, 11) is 0. The topological polar surface area (TPSA) is 64.8 Å². The van der Waals surface area contributed by atoms with Gasteiger partial charge < -0.3 is 20.1 Å². The second kappa shape index (κ2) is 5.56. The van der Waals surface area contributed by atoms with Crippen LogP contribution in [0.25, 0.3) is 0 Å². The molecule has 1 fully saturated rings. The first-order valence-electron chi connectivity index (χ1n) is 7.59. The van der Waals surface area contributed by atoms with Crippen molar-refractivity contribution in [3.8, 4) is 5.75 Å². The third-order valence-electron chi connectivity index (χ3n) is 4.44. The maximum Gasteiger partial charge on any atom is 0.409 e. The smallest absolute Gasteiger partial charge is 0.409 e. The van der Waals surface area contributed by atoms with Crippen molar-refractivity contribution in [2.75, 3.05) is 19.7 Å². The molecule has 2 heterocycles. The van der Waals surface area contributed by atoms with Gasteiger partial charge in [-0.3, -0.25) is 0 Å². The fourth-order valence-corrected chi connectivity index (χ4v) is 3.28. The van der Waals surface area contributed by atoms with Crippen molar-refractivity contribution in [1.29, 1.82) is 0 Å². The van der Waals surface area contributed by atoms with Gasteiger partial charge >= 0.3 is 6.09 Å². The highest BCUT2D eigenvalue weighted by Crippen LogP contribution is 2.43. The number of amides is 1. The number of fused-ring (bicyclic) bond motifs is 1. The number of likely N-dealkylation sites (tertiary alicyclic amines) is 1. The molecule has 0 aliphatic carbocycles. The highest BCUT2D eigenvalue weighted by molar-refractivity contribution is 5.67. The predicted molar refractivity (Wildman–Crippen MR) is 79.2 cm³/mol. The lowest BCUT2D eigenvalue weighted by Crippen LogP contribution is -2.52. The summed E-state index contributed by atoms with van der Waals surface area (Å²) in [6.45, 7) is 3.56. The first-order chi connectivity index (χ1) is 10.1. The number of hydrogen-bond acceptors (Lipinski definition) is 4. The summed E-state index contributed by atoms with van der Waals surface area (Å²) in [4.78, 5) is 13.5. The van der Waals surface area contributed by atoms with Crippen LogP contribution in [-0.2, 0) is 4.74 Å². The van der Waals surface area contributed by atoms with Crippen LogP contribution in [0.4, 0.5) is 4.79 Å².